The van der Waals surface area contributed by atoms with Gasteiger partial charge in [-0.1, -0.05) is 45.0 Å². The molecule has 0 aliphatic heterocycles. The molecule has 1 aliphatic rings. The van der Waals surface area contributed by atoms with E-state index in [1.807, 2.05) is 0 Å². The molecule has 1 aromatic carbocycles. The Hall–Kier alpha value is -0.820. The summed E-state index contributed by atoms with van der Waals surface area (Å²) < 4.78 is 0. The SMILES string of the molecule is CCc1cccc(C(C)(C)CCNC2CC2)c1. The molecule has 2 rings (SSSR count). The fourth-order valence-electron chi connectivity index (χ4n) is 2.23. The predicted octanol–water partition coefficient (Wildman–Crippen LogP) is 3.67. The molecule has 0 saturated heterocycles. The van der Waals surface area contributed by atoms with Crippen molar-refractivity contribution in [2.75, 3.05) is 6.54 Å². The molecule has 1 saturated carbocycles. The van der Waals surface area contributed by atoms with Crippen LogP contribution in [0.5, 0.6) is 0 Å². The zero-order chi connectivity index (χ0) is 12.3. The topological polar surface area (TPSA) is 12.0 Å². The van der Waals surface area contributed by atoms with E-state index in [0.29, 0.717) is 0 Å². The number of rotatable bonds is 6. The Morgan fingerprint density at radius 2 is 2.06 bits per heavy atom. The van der Waals surface area contributed by atoms with E-state index >= 15 is 0 Å². The highest BCUT2D eigenvalue weighted by Gasteiger charge is 2.24. The van der Waals surface area contributed by atoms with E-state index in [1.165, 1.54) is 30.4 Å². The van der Waals surface area contributed by atoms with E-state index in [9.17, 15) is 0 Å². The van der Waals surface area contributed by atoms with Gasteiger partial charge in [0.05, 0.1) is 0 Å². The number of hydrogen-bond donors (Lipinski definition) is 1. The molecular weight excluding hydrogens is 206 g/mol. The second-order valence-corrected chi connectivity index (χ2v) is 5.92. The first-order valence-corrected chi connectivity index (χ1v) is 6.94. The molecule has 0 atom stereocenters. The summed E-state index contributed by atoms with van der Waals surface area (Å²) in [5.74, 6) is 0. The average Bonchev–Trinajstić information content (AvgIpc) is 3.13. The van der Waals surface area contributed by atoms with Crippen LogP contribution in [0, 0.1) is 0 Å². The fourth-order valence-corrected chi connectivity index (χ4v) is 2.23. The van der Waals surface area contributed by atoms with Crippen LogP contribution in [0.15, 0.2) is 24.3 Å². The van der Waals surface area contributed by atoms with Crippen molar-refractivity contribution in [3.63, 3.8) is 0 Å². The van der Waals surface area contributed by atoms with Crippen molar-refractivity contribution in [1.29, 1.82) is 0 Å². The molecule has 1 fully saturated rings. The largest absolute Gasteiger partial charge is 0.314 e. The maximum Gasteiger partial charge on any atom is 0.00682 e. The summed E-state index contributed by atoms with van der Waals surface area (Å²) in [6.07, 6.45) is 5.11. The molecule has 0 aromatic heterocycles. The van der Waals surface area contributed by atoms with Gasteiger partial charge < -0.3 is 5.32 Å². The van der Waals surface area contributed by atoms with Crippen molar-refractivity contribution < 1.29 is 0 Å². The zero-order valence-electron chi connectivity index (χ0n) is 11.4. The zero-order valence-corrected chi connectivity index (χ0v) is 11.4. The second kappa shape index (κ2) is 5.22. The molecule has 1 N–H and O–H groups in total. The van der Waals surface area contributed by atoms with Crippen LogP contribution in [0.3, 0.4) is 0 Å². The minimum atomic E-state index is 0.285. The maximum absolute atomic E-state index is 3.61. The van der Waals surface area contributed by atoms with Crippen LogP contribution in [0.2, 0.25) is 0 Å². The molecule has 0 radical (unpaired) electrons. The first-order chi connectivity index (χ1) is 8.12. The number of benzene rings is 1. The van der Waals surface area contributed by atoms with Crippen LogP contribution < -0.4 is 5.32 Å². The van der Waals surface area contributed by atoms with Crippen molar-refractivity contribution in [3.05, 3.63) is 35.4 Å². The van der Waals surface area contributed by atoms with Gasteiger partial charge in [0.1, 0.15) is 0 Å². The van der Waals surface area contributed by atoms with E-state index in [1.54, 1.807) is 0 Å². The Morgan fingerprint density at radius 1 is 1.29 bits per heavy atom. The molecule has 17 heavy (non-hydrogen) atoms. The molecule has 94 valence electrons. The first-order valence-electron chi connectivity index (χ1n) is 6.94. The second-order valence-electron chi connectivity index (χ2n) is 5.92. The van der Waals surface area contributed by atoms with Crippen molar-refractivity contribution in [2.45, 2.75) is 57.9 Å². The van der Waals surface area contributed by atoms with Crippen LogP contribution >= 0.6 is 0 Å². The summed E-state index contributed by atoms with van der Waals surface area (Å²) in [6, 6.07) is 9.90. The lowest BCUT2D eigenvalue weighted by Gasteiger charge is -2.26. The highest BCUT2D eigenvalue weighted by atomic mass is 14.9. The molecular formula is C16H25N. The number of nitrogens with one attached hydrogen (secondary N) is 1. The van der Waals surface area contributed by atoms with Gasteiger partial charge in [-0.05, 0) is 48.8 Å². The van der Waals surface area contributed by atoms with Gasteiger partial charge in [0.15, 0.2) is 0 Å². The normalized spacial score (nSPS) is 16.2. The Labute approximate surface area is 106 Å². The monoisotopic (exact) mass is 231 g/mol. The van der Waals surface area contributed by atoms with Crippen LogP contribution in [-0.4, -0.2) is 12.6 Å². The molecule has 0 heterocycles. The summed E-state index contributed by atoms with van der Waals surface area (Å²) >= 11 is 0. The summed E-state index contributed by atoms with van der Waals surface area (Å²) in [5, 5.41) is 3.61. The number of aryl methyl sites for hydroxylation is 1. The van der Waals surface area contributed by atoms with Gasteiger partial charge in [0.25, 0.3) is 0 Å². The lowest BCUT2D eigenvalue weighted by molar-refractivity contribution is 0.456. The summed E-state index contributed by atoms with van der Waals surface area (Å²) in [6.45, 7) is 8.08. The third-order valence-corrected chi connectivity index (χ3v) is 3.88. The Bertz CT molecular complexity index is 364. The van der Waals surface area contributed by atoms with Crippen LogP contribution in [-0.2, 0) is 11.8 Å². The molecule has 0 bridgehead atoms. The lowest BCUT2D eigenvalue weighted by Crippen LogP contribution is -2.26. The minimum absolute atomic E-state index is 0.285. The van der Waals surface area contributed by atoms with Gasteiger partial charge >= 0.3 is 0 Å². The Morgan fingerprint density at radius 3 is 2.71 bits per heavy atom. The molecule has 1 aromatic rings. The van der Waals surface area contributed by atoms with Gasteiger partial charge in [-0.25, -0.2) is 0 Å². The summed E-state index contributed by atoms with van der Waals surface area (Å²) in [4.78, 5) is 0. The molecule has 1 nitrogen and oxygen atoms in total. The van der Waals surface area contributed by atoms with Gasteiger partial charge in [0, 0.05) is 6.04 Å². The maximum atomic E-state index is 3.61. The van der Waals surface area contributed by atoms with Gasteiger partial charge in [0.2, 0.25) is 0 Å². The predicted molar refractivity (Wildman–Crippen MR) is 74.5 cm³/mol. The van der Waals surface area contributed by atoms with Crippen molar-refractivity contribution >= 4 is 0 Å². The summed E-state index contributed by atoms with van der Waals surface area (Å²) in [7, 11) is 0. The fraction of sp³-hybridized carbons (Fsp3) is 0.625. The first kappa shape index (κ1) is 12.6. The van der Waals surface area contributed by atoms with Crippen LogP contribution in [0.4, 0.5) is 0 Å². The van der Waals surface area contributed by atoms with Crippen molar-refractivity contribution in [1.82, 2.24) is 5.32 Å². The van der Waals surface area contributed by atoms with Crippen LogP contribution in [0.25, 0.3) is 0 Å². The molecule has 0 amide bonds. The standard InChI is InChI=1S/C16H25N/c1-4-13-6-5-7-14(12-13)16(2,3)10-11-17-15-8-9-15/h5-7,12,15,17H,4,8-11H2,1-3H3. The van der Waals surface area contributed by atoms with Crippen LogP contribution in [0.1, 0.15) is 51.2 Å². The van der Waals surface area contributed by atoms with E-state index in [-0.39, 0.29) is 5.41 Å². The van der Waals surface area contributed by atoms with E-state index in [4.69, 9.17) is 0 Å². The minimum Gasteiger partial charge on any atom is -0.314 e. The highest BCUT2D eigenvalue weighted by molar-refractivity contribution is 5.29. The molecule has 1 aliphatic carbocycles. The van der Waals surface area contributed by atoms with E-state index < -0.39 is 0 Å². The quantitative estimate of drug-likeness (QED) is 0.787. The third kappa shape index (κ3) is 3.57. The smallest absolute Gasteiger partial charge is 0.00682 e. The molecule has 1 heteroatoms. The molecule has 0 spiro atoms. The lowest BCUT2D eigenvalue weighted by atomic mass is 9.81. The van der Waals surface area contributed by atoms with Crippen molar-refractivity contribution in [2.24, 2.45) is 0 Å². The van der Waals surface area contributed by atoms with E-state index in [0.717, 1.165) is 19.0 Å². The van der Waals surface area contributed by atoms with Gasteiger partial charge in [-0.15, -0.1) is 0 Å². The van der Waals surface area contributed by atoms with Gasteiger partial charge in [-0.2, -0.15) is 0 Å². The Kier molecular flexibility index (Phi) is 3.88. The molecule has 0 unspecified atom stereocenters. The third-order valence-electron chi connectivity index (χ3n) is 3.88. The Balaban J connectivity index is 1.95. The summed E-state index contributed by atoms with van der Waals surface area (Å²) in [5.41, 5.74) is 3.22. The highest BCUT2D eigenvalue weighted by Crippen LogP contribution is 2.28. The van der Waals surface area contributed by atoms with Gasteiger partial charge in [-0.3, -0.25) is 0 Å². The van der Waals surface area contributed by atoms with Crippen molar-refractivity contribution in [3.8, 4) is 0 Å². The number of hydrogen-bond acceptors (Lipinski definition) is 1. The van der Waals surface area contributed by atoms with E-state index in [2.05, 4.69) is 50.4 Å². The average molecular weight is 231 g/mol.